The van der Waals surface area contributed by atoms with Crippen LogP contribution in [0.1, 0.15) is 68.8 Å². The first-order chi connectivity index (χ1) is 32.5. The van der Waals surface area contributed by atoms with Gasteiger partial charge in [0.1, 0.15) is 11.2 Å². The Morgan fingerprint density at radius 1 is 0.957 bits per heavy atom. The van der Waals surface area contributed by atoms with Crippen molar-refractivity contribution in [3.05, 3.63) is 70.9 Å². The molecule has 20 heteroatoms. The topological polar surface area (TPSA) is 249 Å². The Kier molecular flexibility index (Phi) is 12.7. The maximum atomic E-state index is 15.3. The Hall–Kier alpha value is -5.67. The minimum atomic E-state index is -2.94. The summed E-state index contributed by atoms with van der Waals surface area (Å²) in [6.45, 7) is 6.55. The molecular formula is C49H60F2N4O14. The number of rotatable bonds is 10. The van der Waals surface area contributed by atoms with Gasteiger partial charge >= 0.3 is 29.8 Å². The lowest BCUT2D eigenvalue weighted by molar-refractivity contribution is -0.228. The predicted molar refractivity (Wildman–Crippen MR) is 242 cm³/mol. The number of methoxy groups -OCH3 is 3. The van der Waals surface area contributed by atoms with E-state index in [1.165, 1.54) is 28.3 Å². The normalized spacial score (nSPS) is 32.9. The first kappa shape index (κ1) is 49.7. The maximum Gasteiger partial charge on any atom is 0.344 e. The monoisotopic (exact) mass is 966 g/mol. The summed E-state index contributed by atoms with van der Waals surface area (Å²) in [5.41, 5.74) is -1.64. The van der Waals surface area contributed by atoms with Gasteiger partial charge in [0.05, 0.1) is 27.4 Å². The number of carboxylic acid groups (broad SMARTS) is 2. The Morgan fingerprint density at radius 3 is 2.22 bits per heavy atom. The van der Waals surface area contributed by atoms with Gasteiger partial charge in [-0.3, -0.25) is 19.4 Å². The van der Waals surface area contributed by atoms with Crippen molar-refractivity contribution in [2.45, 2.75) is 106 Å². The van der Waals surface area contributed by atoms with E-state index in [4.69, 9.17) is 39.4 Å². The van der Waals surface area contributed by atoms with Crippen LogP contribution in [0.4, 0.5) is 14.5 Å². The van der Waals surface area contributed by atoms with E-state index in [0.29, 0.717) is 61.7 Å². The molecule has 2 unspecified atom stereocenters. The number of nitrogens with zero attached hydrogens (tertiary/aromatic N) is 3. The second-order valence-corrected chi connectivity index (χ2v) is 19.6. The molecule has 6 heterocycles. The number of carbonyl (C=O) groups excluding carboxylic acids is 3. The van der Waals surface area contributed by atoms with Gasteiger partial charge in [0, 0.05) is 96.9 Å². The van der Waals surface area contributed by atoms with Gasteiger partial charge in [-0.15, -0.1) is 0 Å². The van der Waals surface area contributed by atoms with Crippen LogP contribution in [0, 0.1) is 17.3 Å². The Morgan fingerprint density at radius 2 is 1.62 bits per heavy atom. The molecule has 3 fully saturated rings. The molecular weight excluding hydrogens is 907 g/mol. The highest BCUT2D eigenvalue weighted by Gasteiger charge is 2.80. The number of nitrogens with one attached hydrogen (secondary N) is 1. The van der Waals surface area contributed by atoms with Crippen LogP contribution < -0.4 is 9.64 Å². The van der Waals surface area contributed by atoms with Crippen LogP contribution in [0.25, 0.3) is 10.9 Å². The fraction of sp³-hybridized carbons (Fsp3) is 0.571. The molecule has 0 radical (unpaired) electrons. The zero-order valence-corrected chi connectivity index (χ0v) is 39.5. The molecule has 3 aromatic rings. The van der Waals surface area contributed by atoms with E-state index in [2.05, 4.69) is 14.8 Å². The highest BCUT2D eigenvalue weighted by Crippen LogP contribution is 2.68. The molecule has 9 rings (SSSR count). The van der Waals surface area contributed by atoms with Gasteiger partial charge in [0.25, 0.3) is 0 Å². The average Bonchev–Trinajstić information content (AvgIpc) is 3.97. The van der Waals surface area contributed by atoms with E-state index >= 15 is 13.6 Å². The lowest BCUT2D eigenvalue weighted by atomic mass is 9.47. The molecule has 1 spiro atoms. The van der Waals surface area contributed by atoms with Gasteiger partial charge in [0.2, 0.25) is 11.5 Å². The van der Waals surface area contributed by atoms with E-state index in [1.54, 1.807) is 0 Å². The van der Waals surface area contributed by atoms with Crippen molar-refractivity contribution in [3.8, 4) is 5.75 Å². The molecule has 12 atom stereocenters. The van der Waals surface area contributed by atoms with Crippen LogP contribution in [-0.4, -0.2) is 167 Å². The molecule has 2 bridgehead atoms. The zero-order valence-electron chi connectivity index (χ0n) is 39.5. The van der Waals surface area contributed by atoms with Gasteiger partial charge < -0.3 is 54.4 Å². The van der Waals surface area contributed by atoms with E-state index in [-0.39, 0.29) is 31.3 Å². The van der Waals surface area contributed by atoms with Crippen LogP contribution >= 0.6 is 0 Å². The first-order valence-electron chi connectivity index (χ1n) is 23.0. The lowest BCUT2D eigenvalue weighted by Crippen LogP contribution is -2.81. The average molecular weight is 967 g/mol. The minimum Gasteiger partial charge on any atom is -0.496 e. The number of piperidine rings is 1. The number of aliphatic hydroxyl groups is 3. The van der Waals surface area contributed by atoms with Gasteiger partial charge in [-0.2, -0.15) is 0 Å². The summed E-state index contributed by atoms with van der Waals surface area (Å²) >= 11 is 0. The summed E-state index contributed by atoms with van der Waals surface area (Å²) in [5.74, 6) is -9.46. The smallest absolute Gasteiger partial charge is 0.344 e. The van der Waals surface area contributed by atoms with Gasteiger partial charge in [-0.25, -0.2) is 23.2 Å². The molecule has 1 aliphatic carbocycles. The number of aromatic amines is 1. The van der Waals surface area contributed by atoms with Gasteiger partial charge in [-0.05, 0) is 68.3 Å². The number of ether oxygens (including phenoxy) is 4. The van der Waals surface area contributed by atoms with Crippen molar-refractivity contribution >= 4 is 46.4 Å². The van der Waals surface area contributed by atoms with E-state index in [9.17, 15) is 24.3 Å². The molecule has 2 aromatic carbocycles. The second-order valence-electron chi connectivity index (χ2n) is 19.6. The molecule has 0 amide bonds. The summed E-state index contributed by atoms with van der Waals surface area (Å²) < 4.78 is 54.3. The molecule has 6 N–H and O–H groups in total. The highest BCUT2D eigenvalue weighted by atomic mass is 19.3. The second kappa shape index (κ2) is 17.6. The number of benzene rings is 2. The third-order valence-electron chi connectivity index (χ3n) is 16.1. The molecule has 18 nitrogen and oxygen atoms in total. The summed E-state index contributed by atoms with van der Waals surface area (Å²) in [7, 11) is 5.94. The number of para-hydroxylation sites is 1. The fourth-order valence-electron chi connectivity index (χ4n) is 13.5. The molecule has 5 aliphatic heterocycles. The number of alkyl halides is 2. The van der Waals surface area contributed by atoms with Gasteiger partial charge in [0.15, 0.2) is 18.3 Å². The maximum absolute atomic E-state index is 15.3. The number of fused-ring (bicyclic) bond motifs is 6. The SMILES string of the molecule is CC[C@@]12C=CCN3CC[C@]4(c5cc([C@@]6(C(=O)OC)C[C@H]7CC(C(C)(F)F)CN(Cc8c6[nH]c6ccccc86)C7)c(OC)cc5N(C)[C@H]4[C@@](O)(C(=O)OC)[C@@H]1OC(C)=O)[C@@H]32.O=C(O)[C@H](O)[C@@H](O)C(=O)O. The summed E-state index contributed by atoms with van der Waals surface area (Å²) in [4.78, 5) is 72.0. The Labute approximate surface area is 396 Å². The van der Waals surface area contributed by atoms with Crippen molar-refractivity contribution in [2.24, 2.45) is 17.3 Å². The highest BCUT2D eigenvalue weighted by molar-refractivity contribution is 5.95. The van der Waals surface area contributed by atoms with Crippen LogP contribution in [0.3, 0.4) is 0 Å². The summed E-state index contributed by atoms with van der Waals surface area (Å²) in [6.07, 6.45) is -0.496. The number of carboxylic acids is 2. The number of carbonyl (C=O) groups is 5. The number of aliphatic hydroxyl groups excluding tert-OH is 2. The molecule has 2 saturated heterocycles. The van der Waals surface area contributed by atoms with Crippen LogP contribution in [0.15, 0.2) is 48.6 Å². The Balaban J connectivity index is 0.000000579. The van der Waals surface area contributed by atoms with E-state index < -0.39 is 87.9 Å². The molecule has 1 saturated carbocycles. The standard InChI is InChI=1S/C45H54F2N4O8.C4H6O6/c1-8-42-14-11-16-51-17-15-43(36(42)51)30-19-31(34(56-5)20-33(30)49(4)37(43)45(55,40(54)58-7)38(42)59-25(2)52)44(39(53)57-6)21-26-18-27(41(3,46)47)23-50(22-26)24-29-28-12-9-10-13-32(28)48-35(29)44;5-1(3(7)8)2(6)4(9)10/h9-14,19-20,26-27,36-38,48,55H,8,15-18,21-24H2,1-7H3;1-2,5-6H,(H,7,8)(H,9,10)/t26-,27?,36+,37-,38-,42+,43+,44+,45+;1-,2-/m11/s1. The number of likely N-dealkylation sites (N-methyl/N-ethyl adjacent to an activating group) is 1. The number of hydrogen-bond acceptors (Lipinski definition) is 15. The van der Waals surface area contributed by atoms with Crippen molar-refractivity contribution in [2.75, 3.05) is 59.5 Å². The predicted octanol–water partition coefficient (Wildman–Crippen LogP) is 2.96. The van der Waals surface area contributed by atoms with Crippen LogP contribution in [0.2, 0.25) is 0 Å². The molecule has 374 valence electrons. The Bertz CT molecular complexity index is 2580. The van der Waals surface area contributed by atoms with E-state index in [1.807, 2.05) is 67.4 Å². The minimum absolute atomic E-state index is 0.155. The third-order valence-corrected chi connectivity index (χ3v) is 16.1. The van der Waals surface area contributed by atoms with Crippen molar-refractivity contribution in [1.82, 2.24) is 14.8 Å². The largest absolute Gasteiger partial charge is 0.496 e. The third kappa shape index (κ3) is 7.30. The fourth-order valence-corrected chi connectivity index (χ4v) is 13.5. The summed E-state index contributed by atoms with van der Waals surface area (Å²) in [5, 5.41) is 46.7. The van der Waals surface area contributed by atoms with Crippen LogP contribution in [0.5, 0.6) is 5.75 Å². The quantitative estimate of drug-likeness (QED) is 0.0971. The number of hydrogen-bond donors (Lipinski definition) is 6. The van der Waals surface area contributed by atoms with Crippen molar-refractivity contribution in [1.29, 1.82) is 0 Å². The van der Waals surface area contributed by atoms with Crippen molar-refractivity contribution < 1.29 is 77.2 Å². The lowest BCUT2D eigenvalue weighted by Gasteiger charge is -2.63. The molecule has 6 aliphatic rings. The zero-order chi connectivity index (χ0) is 50.3. The molecule has 69 heavy (non-hydrogen) atoms. The number of anilines is 1. The van der Waals surface area contributed by atoms with Gasteiger partial charge in [-0.1, -0.05) is 37.3 Å². The summed E-state index contributed by atoms with van der Waals surface area (Å²) in [6, 6.07) is 10.3. The first-order valence-corrected chi connectivity index (χ1v) is 23.0. The van der Waals surface area contributed by atoms with Crippen LogP contribution in [-0.2, 0) is 55.6 Å². The van der Waals surface area contributed by atoms with Crippen molar-refractivity contribution in [3.63, 3.8) is 0 Å². The van der Waals surface area contributed by atoms with E-state index in [0.717, 1.165) is 29.0 Å². The number of esters is 3. The number of aromatic nitrogens is 1. The molecule has 1 aromatic heterocycles. The number of H-pyrrole nitrogens is 1. The number of aliphatic carboxylic acids is 2. The number of halogens is 2.